The second-order valence-corrected chi connectivity index (χ2v) is 5.69. The van der Waals surface area contributed by atoms with Gasteiger partial charge in [-0.3, -0.25) is 0 Å². The standard InChI is InChI=1S/C13H7ClF10/c14-7(6-4-2-1-3-5-6)9(16)8(15)10(17,18)12(21,22)13(23,24)11(9,19)20/h1-5,7-8H. The predicted molar refractivity (Wildman–Crippen MR) is 63.6 cm³/mol. The molecule has 1 saturated carbocycles. The van der Waals surface area contributed by atoms with Gasteiger partial charge in [-0.25, -0.2) is 8.78 Å². The summed E-state index contributed by atoms with van der Waals surface area (Å²) in [6.07, 6.45) is -4.99. The smallest absolute Gasteiger partial charge is 0.237 e. The van der Waals surface area contributed by atoms with Crippen molar-refractivity contribution in [1.29, 1.82) is 0 Å². The number of hydrogen-bond donors (Lipinski definition) is 0. The molecule has 0 saturated heterocycles. The van der Waals surface area contributed by atoms with Gasteiger partial charge in [-0.2, -0.15) is 35.1 Å². The van der Waals surface area contributed by atoms with Crippen LogP contribution in [0.4, 0.5) is 43.9 Å². The number of alkyl halides is 11. The number of benzene rings is 1. The fourth-order valence-corrected chi connectivity index (χ4v) is 2.77. The van der Waals surface area contributed by atoms with Gasteiger partial charge in [0.1, 0.15) is 5.38 Å². The molecule has 11 heteroatoms. The Balaban J connectivity index is 2.72. The van der Waals surface area contributed by atoms with E-state index in [1.54, 1.807) is 0 Å². The Morgan fingerprint density at radius 2 is 1.21 bits per heavy atom. The topological polar surface area (TPSA) is 0 Å². The van der Waals surface area contributed by atoms with Crippen molar-refractivity contribution in [3.05, 3.63) is 35.9 Å². The maximum Gasteiger partial charge on any atom is 0.381 e. The van der Waals surface area contributed by atoms with E-state index in [9.17, 15) is 43.9 Å². The molecular weight excluding hydrogens is 382 g/mol. The summed E-state index contributed by atoms with van der Waals surface area (Å²) in [6, 6.07) is 4.89. The number of rotatable bonds is 2. The van der Waals surface area contributed by atoms with Gasteiger partial charge in [0.25, 0.3) is 0 Å². The van der Waals surface area contributed by atoms with Gasteiger partial charge in [0.05, 0.1) is 0 Å². The first-order valence-corrected chi connectivity index (χ1v) is 6.64. The maximum absolute atomic E-state index is 14.6. The molecule has 136 valence electrons. The highest BCUT2D eigenvalue weighted by Crippen LogP contribution is 2.68. The van der Waals surface area contributed by atoms with Crippen LogP contribution in [0.5, 0.6) is 0 Å². The van der Waals surface area contributed by atoms with Crippen LogP contribution >= 0.6 is 11.6 Å². The van der Waals surface area contributed by atoms with Crippen molar-refractivity contribution >= 4 is 11.6 Å². The summed E-state index contributed by atoms with van der Waals surface area (Å²) in [5, 5.41) is -3.09. The lowest BCUT2D eigenvalue weighted by molar-refractivity contribution is -0.442. The van der Waals surface area contributed by atoms with Crippen molar-refractivity contribution in [2.45, 2.75) is 40.9 Å². The van der Waals surface area contributed by atoms with Gasteiger partial charge in [-0.05, 0) is 5.56 Å². The van der Waals surface area contributed by atoms with E-state index in [1.165, 1.54) is 6.07 Å². The quantitative estimate of drug-likeness (QED) is 0.459. The molecule has 1 aliphatic carbocycles. The molecule has 0 nitrogen and oxygen atoms in total. The summed E-state index contributed by atoms with van der Waals surface area (Å²) in [6.45, 7) is 0. The van der Waals surface area contributed by atoms with Crippen LogP contribution in [-0.4, -0.2) is 35.5 Å². The van der Waals surface area contributed by atoms with Crippen LogP contribution in [0.15, 0.2) is 30.3 Å². The Bertz CT molecular complexity index is 616. The zero-order chi connectivity index (χ0) is 18.8. The third-order valence-electron chi connectivity index (χ3n) is 3.84. The summed E-state index contributed by atoms with van der Waals surface area (Å²) in [5.74, 6) is -26.7. The SMILES string of the molecule is FC1C(F)(F)C(F)(F)C(F)(F)C(F)(F)C1(F)C(Cl)c1ccccc1. The lowest BCUT2D eigenvalue weighted by atomic mass is 9.71. The third kappa shape index (κ3) is 1.94. The highest BCUT2D eigenvalue weighted by molar-refractivity contribution is 6.21. The number of hydrogen-bond acceptors (Lipinski definition) is 0. The van der Waals surface area contributed by atoms with Crippen molar-refractivity contribution in [3.8, 4) is 0 Å². The summed E-state index contributed by atoms with van der Waals surface area (Å²) in [4.78, 5) is 0. The summed E-state index contributed by atoms with van der Waals surface area (Å²) in [5.41, 5.74) is -6.26. The van der Waals surface area contributed by atoms with Crippen molar-refractivity contribution in [2.24, 2.45) is 0 Å². The Labute approximate surface area is 133 Å². The van der Waals surface area contributed by atoms with Crippen LogP contribution in [0.3, 0.4) is 0 Å². The monoisotopic (exact) mass is 388 g/mol. The van der Waals surface area contributed by atoms with Gasteiger partial charge in [-0.15, -0.1) is 11.6 Å². The predicted octanol–water partition coefficient (Wildman–Crippen LogP) is 5.57. The Kier molecular flexibility index (Phi) is 4.11. The molecule has 1 fully saturated rings. The van der Waals surface area contributed by atoms with E-state index in [2.05, 4.69) is 0 Å². The zero-order valence-electron chi connectivity index (χ0n) is 11.2. The molecule has 0 amide bonds. The van der Waals surface area contributed by atoms with E-state index in [0.717, 1.165) is 24.3 Å². The number of halogens is 11. The lowest BCUT2D eigenvalue weighted by Gasteiger charge is -2.51. The highest BCUT2D eigenvalue weighted by Gasteiger charge is 2.95. The molecule has 0 N–H and O–H groups in total. The second kappa shape index (κ2) is 5.15. The molecule has 0 spiro atoms. The van der Waals surface area contributed by atoms with Gasteiger partial charge in [-0.1, -0.05) is 30.3 Å². The van der Waals surface area contributed by atoms with E-state index in [-0.39, 0.29) is 0 Å². The average molecular weight is 389 g/mol. The fraction of sp³-hybridized carbons (Fsp3) is 0.538. The summed E-state index contributed by atoms with van der Waals surface area (Å²) >= 11 is 5.25. The van der Waals surface area contributed by atoms with Crippen LogP contribution in [0.1, 0.15) is 10.9 Å². The molecule has 0 aromatic heterocycles. The van der Waals surface area contributed by atoms with Crippen LogP contribution in [-0.2, 0) is 0 Å². The Morgan fingerprint density at radius 3 is 1.67 bits per heavy atom. The maximum atomic E-state index is 14.6. The van der Waals surface area contributed by atoms with Crippen LogP contribution in [0, 0.1) is 0 Å². The molecule has 3 unspecified atom stereocenters. The molecule has 1 aromatic rings. The molecule has 1 aliphatic rings. The minimum Gasteiger partial charge on any atom is -0.237 e. The highest BCUT2D eigenvalue weighted by atomic mass is 35.5. The molecule has 3 atom stereocenters. The molecule has 2 rings (SSSR count). The minimum atomic E-state index is -6.89. The van der Waals surface area contributed by atoms with Gasteiger partial charge in [0.2, 0.25) is 11.8 Å². The largest absolute Gasteiger partial charge is 0.381 e. The van der Waals surface area contributed by atoms with E-state index in [0.29, 0.717) is 0 Å². The van der Waals surface area contributed by atoms with Crippen LogP contribution in [0.25, 0.3) is 0 Å². The Morgan fingerprint density at radius 1 is 0.750 bits per heavy atom. The third-order valence-corrected chi connectivity index (χ3v) is 4.41. The molecule has 0 bridgehead atoms. The van der Waals surface area contributed by atoms with Crippen LogP contribution in [0.2, 0.25) is 0 Å². The molecule has 0 radical (unpaired) electrons. The fourth-order valence-electron chi connectivity index (χ4n) is 2.38. The summed E-state index contributed by atoms with van der Waals surface area (Å²) in [7, 11) is 0. The van der Waals surface area contributed by atoms with Crippen molar-refractivity contribution < 1.29 is 43.9 Å². The minimum absolute atomic E-state index is 0.763. The average Bonchev–Trinajstić information content (AvgIpc) is 2.51. The molecule has 0 aliphatic heterocycles. The first kappa shape index (κ1) is 19.1. The van der Waals surface area contributed by atoms with Gasteiger partial charge >= 0.3 is 23.7 Å². The van der Waals surface area contributed by atoms with Crippen molar-refractivity contribution in [1.82, 2.24) is 0 Å². The Hall–Kier alpha value is -1.19. The van der Waals surface area contributed by atoms with E-state index in [1.807, 2.05) is 0 Å². The van der Waals surface area contributed by atoms with E-state index in [4.69, 9.17) is 11.6 Å². The van der Waals surface area contributed by atoms with Crippen molar-refractivity contribution in [3.63, 3.8) is 0 Å². The molecule has 1 aromatic carbocycles. The van der Waals surface area contributed by atoms with Gasteiger partial charge in [0.15, 0.2) is 0 Å². The first-order valence-electron chi connectivity index (χ1n) is 6.20. The van der Waals surface area contributed by atoms with Gasteiger partial charge in [0, 0.05) is 0 Å². The van der Waals surface area contributed by atoms with E-state index >= 15 is 0 Å². The second-order valence-electron chi connectivity index (χ2n) is 5.25. The summed E-state index contributed by atoms with van der Waals surface area (Å²) < 4.78 is 136. The van der Waals surface area contributed by atoms with Crippen LogP contribution < -0.4 is 0 Å². The van der Waals surface area contributed by atoms with Gasteiger partial charge < -0.3 is 0 Å². The molecular formula is C13H7ClF10. The molecule has 0 heterocycles. The molecule has 24 heavy (non-hydrogen) atoms. The first-order chi connectivity index (χ1) is 10.7. The normalized spacial score (nSPS) is 34.5. The lowest BCUT2D eigenvalue weighted by Crippen LogP contribution is -2.80. The zero-order valence-corrected chi connectivity index (χ0v) is 12.0. The van der Waals surface area contributed by atoms with Crippen molar-refractivity contribution in [2.75, 3.05) is 0 Å². The van der Waals surface area contributed by atoms with E-state index < -0.39 is 46.5 Å².